The average Bonchev–Trinajstić information content (AvgIpc) is 3.09. The number of thiophene rings is 1. The molecule has 0 saturated carbocycles. The highest BCUT2D eigenvalue weighted by atomic mass is 32.1. The summed E-state index contributed by atoms with van der Waals surface area (Å²) in [5.41, 5.74) is 0. The molecule has 2 N–H and O–H groups in total. The van der Waals surface area contributed by atoms with Crippen molar-refractivity contribution in [1.82, 2.24) is 15.1 Å². The fraction of sp³-hybridized carbons (Fsp3) is 0.385. The Hall–Kier alpha value is -1.66. The molecule has 0 unspecified atom stereocenters. The van der Waals surface area contributed by atoms with Gasteiger partial charge in [-0.3, -0.25) is 9.48 Å². The van der Waals surface area contributed by atoms with Crippen molar-refractivity contribution in [2.24, 2.45) is 7.05 Å². The number of nitrogens with one attached hydrogen (secondary N) is 2. The van der Waals surface area contributed by atoms with E-state index in [0.717, 1.165) is 17.8 Å². The fourth-order valence-electron chi connectivity index (χ4n) is 2.26. The molecular formula is C13H16N4OS. The van der Waals surface area contributed by atoms with Gasteiger partial charge in [-0.15, -0.1) is 11.3 Å². The first-order valence-corrected chi connectivity index (χ1v) is 7.18. The number of anilines is 1. The smallest absolute Gasteiger partial charge is 0.266 e. The summed E-state index contributed by atoms with van der Waals surface area (Å²) >= 11 is 1.56. The zero-order chi connectivity index (χ0) is 13.2. The van der Waals surface area contributed by atoms with Crippen LogP contribution in [0.25, 0.3) is 0 Å². The standard InChI is InChI=1S/C13H16N4OS/c1-17-12(6-8-15-17)16-13(18)11-5-4-10(19-11)9-3-2-7-14-9/h4-6,8-9,14H,2-3,7H2,1H3,(H,16,18)/t9-/m0/s1. The molecule has 3 rings (SSSR count). The molecule has 0 aliphatic carbocycles. The maximum Gasteiger partial charge on any atom is 0.266 e. The number of hydrogen-bond acceptors (Lipinski definition) is 4. The van der Waals surface area contributed by atoms with Gasteiger partial charge < -0.3 is 10.6 Å². The summed E-state index contributed by atoms with van der Waals surface area (Å²) in [6, 6.07) is 6.14. The number of carbonyl (C=O) groups excluding carboxylic acids is 1. The Bertz CT molecular complexity index is 583. The van der Waals surface area contributed by atoms with Gasteiger partial charge in [0.1, 0.15) is 5.82 Å². The van der Waals surface area contributed by atoms with Crippen LogP contribution >= 0.6 is 11.3 Å². The van der Waals surface area contributed by atoms with Crippen LogP contribution in [0.15, 0.2) is 24.4 Å². The van der Waals surface area contributed by atoms with Gasteiger partial charge in [0.25, 0.3) is 5.91 Å². The van der Waals surface area contributed by atoms with Gasteiger partial charge in [0.15, 0.2) is 0 Å². The minimum atomic E-state index is -0.0714. The van der Waals surface area contributed by atoms with E-state index in [1.54, 1.807) is 35.3 Å². The number of amides is 1. The Balaban J connectivity index is 1.72. The summed E-state index contributed by atoms with van der Waals surface area (Å²) in [7, 11) is 1.80. The molecule has 2 aromatic rings. The van der Waals surface area contributed by atoms with Crippen molar-refractivity contribution in [3.63, 3.8) is 0 Å². The summed E-state index contributed by atoms with van der Waals surface area (Å²) in [5, 5.41) is 10.3. The normalized spacial score (nSPS) is 18.7. The number of aromatic nitrogens is 2. The Kier molecular flexibility index (Phi) is 3.35. The van der Waals surface area contributed by atoms with Gasteiger partial charge in [-0.2, -0.15) is 5.10 Å². The van der Waals surface area contributed by atoms with Gasteiger partial charge in [-0.05, 0) is 31.5 Å². The van der Waals surface area contributed by atoms with Crippen molar-refractivity contribution in [3.8, 4) is 0 Å². The molecule has 1 amide bonds. The van der Waals surface area contributed by atoms with Crippen LogP contribution in [0.2, 0.25) is 0 Å². The maximum atomic E-state index is 12.1. The largest absolute Gasteiger partial charge is 0.309 e. The van der Waals surface area contributed by atoms with E-state index in [1.807, 2.05) is 12.1 Å². The van der Waals surface area contributed by atoms with E-state index in [1.165, 1.54) is 11.3 Å². The maximum absolute atomic E-state index is 12.1. The van der Waals surface area contributed by atoms with E-state index in [0.29, 0.717) is 11.9 Å². The predicted octanol–water partition coefficient (Wildman–Crippen LogP) is 2.16. The second kappa shape index (κ2) is 5.14. The molecule has 1 aliphatic heterocycles. The highest BCUT2D eigenvalue weighted by Crippen LogP contribution is 2.29. The third kappa shape index (κ3) is 2.54. The zero-order valence-corrected chi connectivity index (χ0v) is 11.5. The van der Waals surface area contributed by atoms with Crippen LogP contribution in [0.3, 0.4) is 0 Å². The topological polar surface area (TPSA) is 59.0 Å². The molecule has 0 aromatic carbocycles. The molecule has 1 saturated heterocycles. The summed E-state index contributed by atoms with van der Waals surface area (Å²) < 4.78 is 1.64. The van der Waals surface area contributed by atoms with Gasteiger partial charge in [-0.1, -0.05) is 0 Å². The van der Waals surface area contributed by atoms with E-state index in [-0.39, 0.29) is 5.91 Å². The van der Waals surface area contributed by atoms with Crippen LogP contribution < -0.4 is 10.6 Å². The van der Waals surface area contributed by atoms with Crippen LogP contribution in [0.1, 0.15) is 33.4 Å². The van der Waals surface area contributed by atoms with Crippen LogP contribution in [-0.4, -0.2) is 22.2 Å². The SMILES string of the molecule is Cn1nccc1NC(=O)c1ccc([C@@H]2CCCN2)s1. The lowest BCUT2D eigenvalue weighted by atomic mass is 10.2. The van der Waals surface area contributed by atoms with Gasteiger partial charge in [0.05, 0.1) is 11.1 Å². The third-order valence-electron chi connectivity index (χ3n) is 3.32. The third-order valence-corrected chi connectivity index (χ3v) is 4.51. The van der Waals surface area contributed by atoms with E-state index in [9.17, 15) is 4.79 Å². The van der Waals surface area contributed by atoms with Crippen molar-refractivity contribution in [1.29, 1.82) is 0 Å². The molecular weight excluding hydrogens is 260 g/mol. The Morgan fingerprint density at radius 3 is 3.11 bits per heavy atom. The number of aryl methyl sites for hydroxylation is 1. The lowest BCUT2D eigenvalue weighted by molar-refractivity contribution is 0.102. The highest BCUT2D eigenvalue weighted by molar-refractivity contribution is 7.14. The van der Waals surface area contributed by atoms with Crippen LogP contribution in [0.5, 0.6) is 0 Å². The molecule has 19 heavy (non-hydrogen) atoms. The van der Waals surface area contributed by atoms with Crippen molar-refractivity contribution >= 4 is 23.1 Å². The lowest BCUT2D eigenvalue weighted by Crippen LogP contribution is -2.13. The lowest BCUT2D eigenvalue weighted by Gasteiger charge is -2.06. The summed E-state index contributed by atoms with van der Waals surface area (Å²) in [6.45, 7) is 1.07. The molecule has 1 fully saturated rings. The molecule has 6 heteroatoms. The number of hydrogen-bond donors (Lipinski definition) is 2. The van der Waals surface area contributed by atoms with E-state index in [4.69, 9.17) is 0 Å². The first kappa shape index (κ1) is 12.4. The molecule has 3 heterocycles. The Morgan fingerprint density at radius 1 is 1.53 bits per heavy atom. The molecule has 0 spiro atoms. The average molecular weight is 276 g/mol. The van der Waals surface area contributed by atoms with Gasteiger partial charge >= 0.3 is 0 Å². The quantitative estimate of drug-likeness (QED) is 0.903. The number of rotatable bonds is 3. The molecule has 100 valence electrons. The molecule has 2 aromatic heterocycles. The Labute approximate surface area is 115 Å². The zero-order valence-electron chi connectivity index (χ0n) is 10.7. The van der Waals surface area contributed by atoms with Gasteiger partial charge in [-0.25, -0.2) is 0 Å². The van der Waals surface area contributed by atoms with Gasteiger partial charge in [0, 0.05) is 24.0 Å². The van der Waals surface area contributed by atoms with E-state index in [2.05, 4.69) is 15.7 Å². The first-order valence-electron chi connectivity index (χ1n) is 6.36. The summed E-state index contributed by atoms with van der Waals surface area (Å²) in [6.07, 6.45) is 4.03. The molecule has 0 bridgehead atoms. The van der Waals surface area contributed by atoms with Gasteiger partial charge in [0.2, 0.25) is 0 Å². The second-order valence-corrected chi connectivity index (χ2v) is 5.76. The summed E-state index contributed by atoms with van der Waals surface area (Å²) in [5.74, 6) is 0.636. The van der Waals surface area contributed by atoms with Crippen molar-refractivity contribution < 1.29 is 4.79 Å². The molecule has 1 aliphatic rings. The highest BCUT2D eigenvalue weighted by Gasteiger charge is 2.19. The fourth-order valence-corrected chi connectivity index (χ4v) is 3.28. The Morgan fingerprint density at radius 2 is 2.42 bits per heavy atom. The van der Waals surface area contributed by atoms with Crippen LogP contribution in [-0.2, 0) is 7.05 Å². The van der Waals surface area contributed by atoms with Crippen molar-refractivity contribution in [2.45, 2.75) is 18.9 Å². The van der Waals surface area contributed by atoms with Crippen LogP contribution in [0, 0.1) is 0 Å². The summed E-state index contributed by atoms with van der Waals surface area (Å²) in [4.78, 5) is 14.1. The van der Waals surface area contributed by atoms with Crippen molar-refractivity contribution in [2.75, 3.05) is 11.9 Å². The predicted molar refractivity (Wildman–Crippen MR) is 75.5 cm³/mol. The first-order chi connectivity index (χ1) is 9.24. The number of nitrogens with zero attached hydrogens (tertiary/aromatic N) is 2. The van der Waals surface area contributed by atoms with E-state index >= 15 is 0 Å². The monoisotopic (exact) mass is 276 g/mol. The van der Waals surface area contributed by atoms with Crippen LogP contribution in [0.4, 0.5) is 5.82 Å². The minimum Gasteiger partial charge on any atom is -0.309 e. The molecule has 1 atom stereocenters. The molecule has 5 nitrogen and oxygen atoms in total. The second-order valence-electron chi connectivity index (χ2n) is 4.65. The number of carbonyl (C=O) groups is 1. The molecule has 0 radical (unpaired) electrons. The minimum absolute atomic E-state index is 0.0714. The van der Waals surface area contributed by atoms with Crippen molar-refractivity contribution in [3.05, 3.63) is 34.2 Å². The van der Waals surface area contributed by atoms with E-state index < -0.39 is 0 Å².